The molecule has 1 N–H and O–H groups in total. The quantitative estimate of drug-likeness (QED) is 0.801. The third-order valence-corrected chi connectivity index (χ3v) is 3.48. The highest BCUT2D eigenvalue weighted by molar-refractivity contribution is 9.10. The standard InChI is InChI=1S/C13H15BrF3NO/c1-9-8-10(4-5-11(9)14)12(19)18-7-3-2-6-13(15,16)17/h4-5,8H,2-3,6-7H2,1H3,(H,18,19). The van der Waals surface area contributed by atoms with Gasteiger partial charge in [0, 0.05) is 23.0 Å². The van der Waals surface area contributed by atoms with Gasteiger partial charge >= 0.3 is 6.18 Å². The number of aryl methyl sites for hydroxylation is 1. The van der Waals surface area contributed by atoms with Crippen molar-refractivity contribution >= 4 is 21.8 Å². The van der Waals surface area contributed by atoms with Crippen LogP contribution in [0.5, 0.6) is 0 Å². The number of unbranched alkanes of at least 4 members (excludes halogenated alkanes) is 1. The van der Waals surface area contributed by atoms with Gasteiger partial charge in [-0.2, -0.15) is 13.2 Å². The van der Waals surface area contributed by atoms with Gasteiger partial charge in [-0.15, -0.1) is 0 Å². The largest absolute Gasteiger partial charge is 0.389 e. The molecular formula is C13H15BrF3NO. The van der Waals surface area contributed by atoms with E-state index >= 15 is 0 Å². The number of hydrogen-bond acceptors (Lipinski definition) is 1. The van der Waals surface area contributed by atoms with Crippen LogP contribution in [0.3, 0.4) is 0 Å². The van der Waals surface area contributed by atoms with E-state index in [0.29, 0.717) is 12.0 Å². The summed E-state index contributed by atoms with van der Waals surface area (Å²) in [4.78, 5) is 11.7. The number of nitrogens with one attached hydrogen (secondary N) is 1. The monoisotopic (exact) mass is 337 g/mol. The zero-order chi connectivity index (χ0) is 14.5. The number of carbonyl (C=O) groups excluding carboxylic acids is 1. The minimum atomic E-state index is -4.12. The Balaban J connectivity index is 2.33. The fourth-order valence-electron chi connectivity index (χ4n) is 1.54. The summed E-state index contributed by atoms with van der Waals surface area (Å²) in [5.41, 5.74) is 1.45. The van der Waals surface area contributed by atoms with E-state index in [9.17, 15) is 18.0 Å². The fraction of sp³-hybridized carbons (Fsp3) is 0.462. The maximum absolute atomic E-state index is 11.9. The van der Waals surface area contributed by atoms with Gasteiger partial charge in [0.05, 0.1) is 0 Å². The molecule has 0 fully saturated rings. The smallest absolute Gasteiger partial charge is 0.352 e. The highest BCUT2D eigenvalue weighted by Crippen LogP contribution is 2.22. The van der Waals surface area contributed by atoms with Crippen LogP contribution >= 0.6 is 15.9 Å². The minimum absolute atomic E-state index is 0.0309. The number of rotatable bonds is 5. The van der Waals surface area contributed by atoms with E-state index in [0.717, 1.165) is 10.0 Å². The van der Waals surface area contributed by atoms with Crippen LogP contribution in [0.2, 0.25) is 0 Å². The van der Waals surface area contributed by atoms with Crippen LogP contribution in [0.25, 0.3) is 0 Å². The predicted molar refractivity (Wildman–Crippen MR) is 71.1 cm³/mol. The summed E-state index contributed by atoms with van der Waals surface area (Å²) in [7, 11) is 0. The second-order valence-corrected chi connectivity index (χ2v) is 5.15. The molecule has 1 aromatic rings. The maximum atomic E-state index is 11.9. The van der Waals surface area contributed by atoms with Gasteiger partial charge in [-0.1, -0.05) is 15.9 Å². The Bertz CT molecular complexity index is 446. The van der Waals surface area contributed by atoms with Gasteiger partial charge in [-0.05, 0) is 43.5 Å². The Morgan fingerprint density at radius 1 is 1.32 bits per heavy atom. The molecule has 0 spiro atoms. The predicted octanol–water partition coefficient (Wildman–Crippen LogP) is 4.22. The van der Waals surface area contributed by atoms with E-state index in [4.69, 9.17) is 0 Å². The highest BCUT2D eigenvalue weighted by atomic mass is 79.9. The summed E-state index contributed by atoms with van der Waals surface area (Å²) in [6.45, 7) is 2.12. The molecule has 0 radical (unpaired) electrons. The number of alkyl halides is 3. The van der Waals surface area contributed by atoms with E-state index in [1.54, 1.807) is 18.2 Å². The normalized spacial score (nSPS) is 11.4. The van der Waals surface area contributed by atoms with Gasteiger partial charge in [-0.25, -0.2) is 0 Å². The SMILES string of the molecule is Cc1cc(C(=O)NCCCCC(F)(F)F)ccc1Br. The van der Waals surface area contributed by atoms with Crippen molar-refractivity contribution in [2.24, 2.45) is 0 Å². The first-order valence-electron chi connectivity index (χ1n) is 5.91. The Labute approximate surface area is 118 Å². The van der Waals surface area contributed by atoms with E-state index in [1.165, 1.54) is 0 Å². The summed E-state index contributed by atoms with van der Waals surface area (Å²) in [6.07, 6.45) is -4.57. The van der Waals surface area contributed by atoms with Crippen LogP contribution in [0, 0.1) is 6.92 Å². The van der Waals surface area contributed by atoms with Crippen molar-refractivity contribution in [3.8, 4) is 0 Å². The highest BCUT2D eigenvalue weighted by Gasteiger charge is 2.25. The molecule has 0 bridgehead atoms. The molecule has 0 saturated heterocycles. The average Bonchev–Trinajstić information content (AvgIpc) is 2.30. The Hall–Kier alpha value is -1.04. The molecule has 1 aromatic carbocycles. The van der Waals surface area contributed by atoms with Crippen molar-refractivity contribution in [2.45, 2.75) is 32.4 Å². The fourth-order valence-corrected chi connectivity index (χ4v) is 1.79. The first-order valence-corrected chi connectivity index (χ1v) is 6.70. The van der Waals surface area contributed by atoms with E-state index in [-0.39, 0.29) is 18.9 Å². The van der Waals surface area contributed by atoms with Crippen LogP contribution in [0.15, 0.2) is 22.7 Å². The Morgan fingerprint density at radius 3 is 2.58 bits per heavy atom. The third-order valence-electron chi connectivity index (χ3n) is 2.59. The lowest BCUT2D eigenvalue weighted by atomic mass is 10.1. The van der Waals surface area contributed by atoms with Crippen LogP contribution in [0.4, 0.5) is 13.2 Å². The van der Waals surface area contributed by atoms with Crippen molar-refractivity contribution in [2.75, 3.05) is 6.54 Å². The molecule has 0 heterocycles. The Morgan fingerprint density at radius 2 is 2.00 bits per heavy atom. The van der Waals surface area contributed by atoms with Gasteiger partial charge in [0.2, 0.25) is 0 Å². The van der Waals surface area contributed by atoms with E-state index in [1.807, 2.05) is 6.92 Å². The first kappa shape index (κ1) is 16.0. The van der Waals surface area contributed by atoms with Crippen molar-refractivity contribution < 1.29 is 18.0 Å². The van der Waals surface area contributed by atoms with E-state index < -0.39 is 12.6 Å². The van der Waals surface area contributed by atoms with Crippen LogP contribution in [0.1, 0.15) is 35.2 Å². The molecule has 1 rings (SSSR count). The number of carbonyl (C=O) groups is 1. The molecule has 0 atom stereocenters. The molecule has 0 saturated carbocycles. The molecule has 1 amide bonds. The Kier molecular flexibility index (Phi) is 5.85. The lowest BCUT2D eigenvalue weighted by Crippen LogP contribution is -2.24. The van der Waals surface area contributed by atoms with E-state index in [2.05, 4.69) is 21.2 Å². The van der Waals surface area contributed by atoms with Crippen molar-refractivity contribution in [3.05, 3.63) is 33.8 Å². The second-order valence-electron chi connectivity index (χ2n) is 4.29. The summed E-state index contributed by atoms with van der Waals surface area (Å²) < 4.78 is 36.6. The lowest BCUT2D eigenvalue weighted by Gasteiger charge is -2.08. The molecule has 6 heteroatoms. The number of halogens is 4. The van der Waals surface area contributed by atoms with Crippen molar-refractivity contribution in [3.63, 3.8) is 0 Å². The number of benzene rings is 1. The molecule has 0 unspecified atom stereocenters. The van der Waals surface area contributed by atoms with Crippen LogP contribution in [-0.2, 0) is 0 Å². The minimum Gasteiger partial charge on any atom is -0.352 e. The van der Waals surface area contributed by atoms with Gasteiger partial charge in [-0.3, -0.25) is 4.79 Å². The van der Waals surface area contributed by atoms with Crippen LogP contribution in [-0.4, -0.2) is 18.6 Å². The summed E-state index contributed by atoms with van der Waals surface area (Å²) >= 11 is 3.33. The van der Waals surface area contributed by atoms with Gasteiger partial charge in [0.25, 0.3) is 5.91 Å². The molecule has 2 nitrogen and oxygen atoms in total. The zero-order valence-corrected chi connectivity index (χ0v) is 12.1. The van der Waals surface area contributed by atoms with Crippen molar-refractivity contribution in [1.82, 2.24) is 5.32 Å². The lowest BCUT2D eigenvalue weighted by molar-refractivity contribution is -0.135. The number of amides is 1. The molecule has 0 aliphatic carbocycles. The zero-order valence-electron chi connectivity index (χ0n) is 10.5. The summed E-state index contributed by atoms with van der Waals surface area (Å²) in [6, 6.07) is 5.17. The average molecular weight is 338 g/mol. The molecular weight excluding hydrogens is 323 g/mol. The summed E-state index contributed by atoms with van der Waals surface area (Å²) in [5.74, 6) is -0.261. The maximum Gasteiger partial charge on any atom is 0.389 e. The van der Waals surface area contributed by atoms with Crippen LogP contribution < -0.4 is 5.32 Å². The number of hydrogen-bond donors (Lipinski definition) is 1. The van der Waals surface area contributed by atoms with Gasteiger partial charge in [0.1, 0.15) is 0 Å². The molecule has 0 aromatic heterocycles. The molecule has 19 heavy (non-hydrogen) atoms. The molecule has 106 valence electrons. The van der Waals surface area contributed by atoms with Gasteiger partial charge in [0.15, 0.2) is 0 Å². The molecule has 0 aliphatic rings. The van der Waals surface area contributed by atoms with Gasteiger partial charge < -0.3 is 5.32 Å². The molecule has 0 aliphatic heterocycles. The first-order chi connectivity index (χ1) is 8.79. The van der Waals surface area contributed by atoms with Crippen molar-refractivity contribution in [1.29, 1.82) is 0 Å². The second kappa shape index (κ2) is 6.93. The topological polar surface area (TPSA) is 29.1 Å². The third kappa shape index (κ3) is 6.09. The summed E-state index contributed by atoms with van der Waals surface area (Å²) in [5, 5.41) is 2.61.